The van der Waals surface area contributed by atoms with Gasteiger partial charge >= 0.3 is 0 Å². The monoisotopic (exact) mass is 1220 g/mol. The highest BCUT2D eigenvalue weighted by molar-refractivity contribution is 14.1. The van der Waals surface area contributed by atoms with Crippen LogP contribution >= 0.6 is 91.4 Å². The number of halogens is 2. The topological polar surface area (TPSA) is 0 Å². The van der Waals surface area contributed by atoms with E-state index in [1.165, 1.54) is 144 Å². The fourth-order valence-corrected chi connectivity index (χ4v) is 18.1. The lowest BCUT2D eigenvalue weighted by Gasteiger charge is -2.38. The van der Waals surface area contributed by atoms with E-state index in [-0.39, 0.29) is 10.8 Å². The Hall–Kier alpha value is 0.260. The van der Waals surface area contributed by atoms with Crippen molar-refractivity contribution in [3.8, 4) is 20.9 Å². The molecule has 4 atom stereocenters. The molecule has 0 spiro atoms. The maximum atomic E-state index is 2.77. The van der Waals surface area contributed by atoms with E-state index in [0.29, 0.717) is 0 Å². The number of hydrogen-bond acceptors (Lipinski definition) is 4. The number of benzene rings is 2. The van der Waals surface area contributed by atoms with Crippen molar-refractivity contribution in [3.05, 3.63) is 52.3 Å². The molecular weight excluding hydrogens is 1130 g/mol. The minimum Gasteiger partial charge on any atom is -0.129 e. The Morgan fingerprint density at radius 1 is 0.412 bits per heavy atom. The number of rotatable bonds is 30. The van der Waals surface area contributed by atoms with Crippen molar-refractivity contribution in [1.82, 2.24) is 0 Å². The number of thioether (sulfide) groups is 2. The number of thiophene rings is 2. The van der Waals surface area contributed by atoms with E-state index in [1.54, 1.807) is 53.9 Å². The average molecular weight is 1220 g/mol. The van der Waals surface area contributed by atoms with Crippen LogP contribution < -0.4 is 0 Å². The van der Waals surface area contributed by atoms with Gasteiger partial charge in [-0.1, -0.05) is 160 Å². The van der Waals surface area contributed by atoms with Gasteiger partial charge in [-0.15, -0.1) is 46.2 Å². The van der Waals surface area contributed by atoms with Gasteiger partial charge in [0.2, 0.25) is 0 Å². The van der Waals surface area contributed by atoms with Crippen molar-refractivity contribution >= 4 is 102 Å². The van der Waals surface area contributed by atoms with Gasteiger partial charge < -0.3 is 0 Å². The highest BCUT2D eigenvalue weighted by Gasteiger charge is 2.50. The molecule has 380 valence electrons. The summed E-state index contributed by atoms with van der Waals surface area (Å²) in [6.45, 7) is 29.6. The van der Waals surface area contributed by atoms with Crippen LogP contribution in [0.2, 0.25) is 0 Å². The SMILES string of the molecule is CSc1cc2c3c(c(SC)cc2c2c1-c1sc(I)cc1C2(CCC(C)CCCC(C)C)CCC(C)CCCC(C)C)-c1sc(I)cc1C3(CCC(C)CCCC(C)C)CCC(C)CCCC(C)C. The molecule has 2 aromatic carbocycles. The van der Waals surface area contributed by atoms with Crippen LogP contribution in [0, 0.1) is 53.1 Å². The normalized spacial score (nSPS) is 19.4. The van der Waals surface area contributed by atoms with Crippen LogP contribution in [0.3, 0.4) is 0 Å². The van der Waals surface area contributed by atoms with Crippen LogP contribution in [0.15, 0.2) is 34.1 Å². The lowest BCUT2D eigenvalue weighted by atomic mass is 9.66. The van der Waals surface area contributed by atoms with Gasteiger partial charge in [0.1, 0.15) is 0 Å². The predicted molar refractivity (Wildman–Crippen MR) is 329 cm³/mol. The summed E-state index contributed by atoms with van der Waals surface area (Å²) in [6, 6.07) is 10.9. The molecule has 4 unspecified atom stereocenters. The average Bonchev–Trinajstić information content (AvgIpc) is 3.99. The predicted octanol–water partition coefficient (Wildman–Crippen LogP) is 23.1. The molecule has 6 heteroatoms. The molecule has 0 amide bonds. The van der Waals surface area contributed by atoms with Crippen molar-refractivity contribution in [1.29, 1.82) is 0 Å². The Morgan fingerprint density at radius 2 is 0.691 bits per heavy atom. The molecule has 0 aliphatic heterocycles. The van der Waals surface area contributed by atoms with E-state index in [9.17, 15) is 0 Å². The smallest absolute Gasteiger partial charge is 0.0663 e. The van der Waals surface area contributed by atoms with Crippen molar-refractivity contribution < 1.29 is 0 Å². The van der Waals surface area contributed by atoms with Gasteiger partial charge in [0.05, 0.1) is 5.77 Å². The maximum Gasteiger partial charge on any atom is 0.0663 e. The summed E-state index contributed by atoms with van der Waals surface area (Å²) in [4.78, 5) is 6.27. The quantitative estimate of drug-likeness (QED) is 0.0377. The summed E-state index contributed by atoms with van der Waals surface area (Å²) in [5.41, 5.74) is 10.1. The molecule has 0 saturated heterocycles. The van der Waals surface area contributed by atoms with Crippen LogP contribution in [0.25, 0.3) is 31.7 Å². The van der Waals surface area contributed by atoms with E-state index in [0.717, 1.165) is 47.3 Å². The Morgan fingerprint density at radius 3 is 0.941 bits per heavy atom. The van der Waals surface area contributed by atoms with Gasteiger partial charge in [-0.25, -0.2) is 0 Å². The van der Waals surface area contributed by atoms with Gasteiger partial charge in [0, 0.05) is 41.5 Å². The zero-order valence-electron chi connectivity index (χ0n) is 45.5. The molecule has 6 rings (SSSR count). The molecule has 0 bridgehead atoms. The molecule has 2 aromatic heterocycles. The molecule has 0 fully saturated rings. The van der Waals surface area contributed by atoms with E-state index in [2.05, 4.69) is 188 Å². The second-order valence-corrected chi connectivity index (χ2v) is 32.0. The largest absolute Gasteiger partial charge is 0.129 e. The molecule has 0 saturated carbocycles. The molecular formula is C62H94I2S4. The van der Waals surface area contributed by atoms with Crippen LogP contribution in [-0.2, 0) is 10.8 Å². The van der Waals surface area contributed by atoms with Crippen LogP contribution in [-0.4, -0.2) is 12.5 Å². The summed E-state index contributed by atoms with van der Waals surface area (Å²) in [5.74, 6) is 6.07. The molecule has 0 N–H and O–H groups in total. The van der Waals surface area contributed by atoms with Crippen LogP contribution in [0.4, 0.5) is 0 Å². The summed E-state index contributed by atoms with van der Waals surface area (Å²) in [7, 11) is 0. The fourth-order valence-electron chi connectivity index (χ4n) is 12.7. The third-order valence-electron chi connectivity index (χ3n) is 16.8. The van der Waals surface area contributed by atoms with Crippen molar-refractivity contribution in [2.45, 2.75) is 232 Å². The Balaban J connectivity index is 1.60. The molecule has 4 aromatic rings. The highest BCUT2D eigenvalue weighted by atomic mass is 127. The highest BCUT2D eigenvalue weighted by Crippen LogP contribution is 2.66. The first kappa shape index (κ1) is 57.5. The zero-order chi connectivity index (χ0) is 49.5. The molecule has 2 heterocycles. The Bertz CT molecular complexity index is 2020. The lowest BCUT2D eigenvalue weighted by molar-refractivity contribution is 0.327. The van der Waals surface area contributed by atoms with Gasteiger partial charge in [-0.3, -0.25) is 0 Å². The minimum absolute atomic E-state index is 0.0222. The summed E-state index contributed by atoms with van der Waals surface area (Å²) >= 11 is 13.6. The first-order valence-electron chi connectivity index (χ1n) is 27.7. The third kappa shape index (κ3) is 13.6. The number of fused-ring (bicyclic) bond motifs is 9. The van der Waals surface area contributed by atoms with Crippen molar-refractivity contribution in [2.24, 2.45) is 47.3 Å². The van der Waals surface area contributed by atoms with Crippen molar-refractivity contribution in [3.63, 3.8) is 0 Å². The molecule has 0 nitrogen and oxygen atoms in total. The fraction of sp³-hybridized carbons (Fsp3) is 0.710. The maximum absolute atomic E-state index is 2.77. The first-order valence-corrected chi connectivity index (χ1v) is 34.0. The summed E-state index contributed by atoms with van der Waals surface area (Å²) < 4.78 is 2.93. The van der Waals surface area contributed by atoms with Crippen LogP contribution in [0.5, 0.6) is 0 Å². The standard InChI is InChI=1S/C62H94I2S4/c1-39(2)19-15-23-43(9)27-31-61(32-28-44(10)24-16-20-40(3)4)49-37-53(63)67-59(49)55-51(65-13)36-48-47(57(55)61)35-52(66-14)56-58(48)62(50-38-54(64)68-60(50)56,33-29-45(11)25-17-21-41(5)6)34-30-46(12)26-18-22-42(7)8/h35-46H,15-34H2,1-14H3. The van der Waals surface area contributed by atoms with E-state index in [4.69, 9.17) is 0 Å². The van der Waals surface area contributed by atoms with Gasteiger partial charge in [0.15, 0.2) is 0 Å². The molecule has 2 aliphatic rings. The van der Waals surface area contributed by atoms with Gasteiger partial charge in [-0.05, 0) is 214 Å². The zero-order valence-corrected chi connectivity index (χ0v) is 53.0. The summed E-state index contributed by atoms with van der Waals surface area (Å²) in [6.07, 6.45) is 31.3. The van der Waals surface area contributed by atoms with Crippen molar-refractivity contribution in [2.75, 3.05) is 12.5 Å². The van der Waals surface area contributed by atoms with E-state index < -0.39 is 0 Å². The second kappa shape index (κ2) is 26.2. The van der Waals surface area contributed by atoms with Crippen LogP contribution in [0.1, 0.15) is 234 Å². The Kier molecular flexibility index (Phi) is 22.1. The van der Waals surface area contributed by atoms with Gasteiger partial charge in [-0.2, -0.15) is 0 Å². The van der Waals surface area contributed by atoms with E-state index in [1.807, 2.05) is 23.5 Å². The first-order chi connectivity index (χ1) is 32.3. The van der Waals surface area contributed by atoms with E-state index >= 15 is 0 Å². The minimum atomic E-state index is 0.0222. The second-order valence-electron chi connectivity index (χ2n) is 24.4. The molecule has 0 radical (unpaired) electrons. The molecule has 68 heavy (non-hydrogen) atoms. The summed E-state index contributed by atoms with van der Waals surface area (Å²) in [5, 5.41) is 3.23. The number of hydrogen-bond donors (Lipinski definition) is 0. The molecule has 2 aliphatic carbocycles. The third-order valence-corrected chi connectivity index (χ3v) is 22.2. The Labute approximate surface area is 462 Å². The van der Waals surface area contributed by atoms with Gasteiger partial charge in [0.25, 0.3) is 0 Å². The lowest BCUT2D eigenvalue weighted by Crippen LogP contribution is -2.29.